The second-order valence-electron chi connectivity index (χ2n) is 7.95. The Labute approximate surface area is 182 Å². The predicted octanol–water partition coefficient (Wildman–Crippen LogP) is 2.00. The second-order valence-corrected chi connectivity index (χ2v) is 8.34. The SMILES string of the molecule is CC(C)CC(=O)NC(=S)N1CCN(c2ccc([N+](=O)[O-])c(N3CCOCC3)c2)CC1. The number of carbonyl (C=O) groups is 1. The summed E-state index contributed by atoms with van der Waals surface area (Å²) < 4.78 is 5.38. The number of anilines is 2. The first-order chi connectivity index (χ1) is 14.3. The molecule has 10 heteroatoms. The molecule has 0 atom stereocenters. The zero-order chi connectivity index (χ0) is 21.7. The summed E-state index contributed by atoms with van der Waals surface area (Å²) in [6, 6.07) is 5.30. The van der Waals surface area contributed by atoms with Gasteiger partial charge in [-0.25, -0.2) is 0 Å². The van der Waals surface area contributed by atoms with Gasteiger partial charge in [0.25, 0.3) is 5.69 Å². The first kappa shape index (κ1) is 22.2. The van der Waals surface area contributed by atoms with Crippen molar-refractivity contribution in [3.8, 4) is 0 Å². The monoisotopic (exact) mass is 435 g/mol. The van der Waals surface area contributed by atoms with Gasteiger partial charge in [0.05, 0.1) is 18.1 Å². The molecule has 1 aromatic carbocycles. The van der Waals surface area contributed by atoms with Gasteiger partial charge < -0.3 is 24.8 Å². The molecule has 2 heterocycles. The van der Waals surface area contributed by atoms with E-state index in [0.29, 0.717) is 56.6 Å². The predicted molar refractivity (Wildman–Crippen MR) is 120 cm³/mol. The average Bonchev–Trinajstić information content (AvgIpc) is 2.73. The summed E-state index contributed by atoms with van der Waals surface area (Å²) in [6.45, 7) is 9.23. The van der Waals surface area contributed by atoms with Crippen LogP contribution >= 0.6 is 12.2 Å². The molecule has 2 saturated heterocycles. The van der Waals surface area contributed by atoms with Crippen LogP contribution in [0.1, 0.15) is 20.3 Å². The number of benzene rings is 1. The molecule has 1 N–H and O–H groups in total. The van der Waals surface area contributed by atoms with E-state index < -0.39 is 0 Å². The molecule has 164 valence electrons. The molecule has 0 saturated carbocycles. The van der Waals surface area contributed by atoms with Crippen molar-refractivity contribution in [3.05, 3.63) is 28.3 Å². The van der Waals surface area contributed by atoms with Crippen LogP contribution in [-0.4, -0.2) is 73.3 Å². The number of morpholine rings is 1. The van der Waals surface area contributed by atoms with Gasteiger partial charge in [-0.3, -0.25) is 14.9 Å². The molecule has 0 unspecified atom stereocenters. The molecule has 30 heavy (non-hydrogen) atoms. The van der Waals surface area contributed by atoms with Gasteiger partial charge >= 0.3 is 0 Å². The highest BCUT2D eigenvalue weighted by atomic mass is 32.1. The smallest absolute Gasteiger partial charge is 0.292 e. The summed E-state index contributed by atoms with van der Waals surface area (Å²) in [6.07, 6.45) is 0.452. The third-order valence-electron chi connectivity index (χ3n) is 5.28. The molecule has 0 aromatic heterocycles. The maximum Gasteiger partial charge on any atom is 0.292 e. The maximum absolute atomic E-state index is 12.0. The number of nitro benzene ring substituents is 1. The number of piperazine rings is 1. The molecule has 0 bridgehead atoms. The Morgan fingerprint density at radius 1 is 1.17 bits per heavy atom. The summed E-state index contributed by atoms with van der Waals surface area (Å²) in [5, 5.41) is 14.8. The molecule has 1 aromatic rings. The summed E-state index contributed by atoms with van der Waals surface area (Å²) in [4.78, 5) is 29.3. The first-order valence-electron chi connectivity index (χ1n) is 10.3. The van der Waals surface area contributed by atoms with Crippen molar-refractivity contribution in [3.63, 3.8) is 0 Å². The van der Waals surface area contributed by atoms with E-state index in [1.54, 1.807) is 12.1 Å². The van der Waals surface area contributed by atoms with E-state index in [0.717, 1.165) is 18.8 Å². The number of ether oxygens (including phenoxy) is 1. The van der Waals surface area contributed by atoms with Gasteiger partial charge in [-0.05, 0) is 30.3 Å². The number of carbonyl (C=O) groups excluding carboxylic acids is 1. The zero-order valence-corrected chi connectivity index (χ0v) is 18.3. The lowest BCUT2D eigenvalue weighted by atomic mass is 10.1. The van der Waals surface area contributed by atoms with Crippen molar-refractivity contribution in [2.24, 2.45) is 5.92 Å². The van der Waals surface area contributed by atoms with Gasteiger partial charge in [-0.2, -0.15) is 0 Å². The van der Waals surface area contributed by atoms with E-state index in [9.17, 15) is 14.9 Å². The Hall–Kier alpha value is -2.46. The van der Waals surface area contributed by atoms with E-state index in [1.807, 2.05) is 29.7 Å². The van der Waals surface area contributed by atoms with E-state index in [1.165, 1.54) is 0 Å². The Bertz CT molecular complexity index is 789. The minimum Gasteiger partial charge on any atom is -0.378 e. The Morgan fingerprint density at radius 2 is 1.83 bits per heavy atom. The summed E-state index contributed by atoms with van der Waals surface area (Å²) in [5.41, 5.74) is 1.71. The fraction of sp³-hybridized carbons (Fsp3) is 0.600. The van der Waals surface area contributed by atoms with Crippen LogP contribution in [0, 0.1) is 16.0 Å². The third kappa shape index (κ3) is 5.57. The molecule has 0 spiro atoms. The van der Waals surface area contributed by atoms with Gasteiger partial charge in [0.2, 0.25) is 5.91 Å². The molecule has 2 aliphatic heterocycles. The molecule has 1 amide bonds. The van der Waals surface area contributed by atoms with Gasteiger partial charge in [0, 0.05) is 57.4 Å². The number of hydrogen-bond donors (Lipinski definition) is 1. The number of thiocarbonyl (C=S) groups is 1. The van der Waals surface area contributed by atoms with E-state index in [-0.39, 0.29) is 22.4 Å². The molecule has 0 aliphatic carbocycles. The first-order valence-corrected chi connectivity index (χ1v) is 10.7. The van der Waals surface area contributed by atoms with Crippen molar-refractivity contribution >= 4 is 40.3 Å². The van der Waals surface area contributed by atoms with Crippen LogP contribution in [-0.2, 0) is 9.53 Å². The number of nitrogens with zero attached hydrogens (tertiary/aromatic N) is 4. The van der Waals surface area contributed by atoms with Crippen LogP contribution in [0.25, 0.3) is 0 Å². The van der Waals surface area contributed by atoms with Crippen molar-refractivity contribution < 1.29 is 14.5 Å². The Balaban J connectivity index is 1.64. The molecule has 9 nitrogen and oxygen atoms in total. The third-order valence-corrected chi connectivity index (χ3v) is 5.64. The van der Waals surface area contributed by atoms with Crippen molar-refractivity contribution in [1.82, 2.24) is 10.2 Å². The van der Waals surface area contributed by atoms with Crippen LogP contribution in [0.15, 0.2) is 18.2 Å². The van der Waals surface area contributed by atoms with Gasteiger partial charge in [-0.15, -0.1) is 0 Å². The summed E-state index contributed by atoms with van der Waals surface area (Å²) in [5.74, 6) is 0.232. The normalized spacial score (nSPS) is 17.2. The highest BCUT2D eigenvalue weighted by Crippen LogP contribution is 2.33. The van der Waals surface area contributed by atoms with Crippen molar-refractivity contribution in [1.29, 1.82) is 0 Å². The molecule has 2 aliphatic rings. The van der Waals surface area contributed by atoms with Crippen LogP contribution in [0.2, 0.25) is 0 Å². The molecule has 2 fully saturated rings. The number of hydrogen-bond acceptors (Lipinski definition) is 7. The van der Waals surface area contributed by atoms with E-state index >= 15 is 0 Å². The number of rotatable bonds is 5. The summed E-state index contributed by atoms with van der Waals surface area (Å²) in [7, 11) is 0. The molecule has 0 radical (unpaired) electrons. The standard InChI is InChI=1S/C20H29N5O4S/c1-15(2)13-19(26)21-20(30)24-7-5-22(6-8-24)16-3-4-17(25(27)28)18(14-16)23-9-11-29-12-10-23/h3-4,14-15H,5-13H2,1-2H3,(H,21,26,30). The van der Waals surface area contributed by atoms with E-state index in [2.05, 4.69) is 10.2 Å². The number of nitrogens with one attached hydrogen (secondary N) is 1. The topological polar surface area (TPSA) is 91.2 Å². The van der Waals surface area contributed by atoms with Crippen LogP contribution < -0.4 is 15.1 Å². The van der Waals surface area contributed by atoms with E-state index in [4.69, 9.17) is 17.0 Å². The maximum atomic E-state index is 12.0. The van der Waals surface area contributed by atoms with Crippen LogP contribution in [0.3, 0.4) is 0 Å². The fourth-order valence-electron chi connectivity index (χ4n) is 3.71. The quantitative estimate of drug-likeness (QED) is 0.427. The van der Waals surface area contributed by atoms with Gasteiger partial charge in [0.15, 0.2) is 5.11 Å². The fourth-order valence-corrected chi connectivity index (χ4v) is 4.00. The Kier molecular flexibility index (Phi) is 7.43. The highest BCUT2D eigenvalue weighted by Gasteiger charge is 2.25. The van der Waals surface area contributed by atoms with Crippen LogP contribution in [0.5, 0.6) is 0 Å². The highest BCUT2D eigenvalue weighted by molar-refractivity contribution is 7.80. The lowest BCUT2D eigenvalue weighted by Crippen LogP contribution is -2.52. The number of amides is 1. The lowest BCUT2D eigenvalue weighted by Gasteiger charge is -2.37. The molecular weight excluding hydrogens is 406 g/mol. The van der Waals surface area contributed by atoms with Crippen molar-refractivity contribution in [2.75, 3.05) is 62.3 Å². The molecule has 3 rings (SSSR count). The van der Waals surface area contributed by atoms with Crippen molar-refractivity contribution in [2.45, 2.75) is 20.3 Å². The molecular formula is C20H29N5O4S. The number of nitro groups is 1. The van der Waals surface area contributed by atoms with Gasteiger partial charge in [-0.1, -0.05) is 13.8 Å². The summed E-state index contributed by atoms with van der Waals surface area (Å²) >= 11 is 5.39. The minimum absolute atomic E-state index is 0.0528. The zero-order valence-electron chi connectivity index (χ0n) is 17.5. The second kappa shape index (κ2) is 10.0. The largest absolute Gasteiger partial charge is 0.378 e. The Morgan fingerprint density at radius 3 is 2.43 bits per heavy atom. The minimum atomic E-state index is -0.329. The lowest BCUT2D eigenvalue weighted by molar-refractivity contribution is -0.384. The van der Waals surface area contributed by atoms with Crippen LogP contribution in [0.4, 0.5) is 17.1 Å². The average molecular weight is 436 g/mol. The van der Waals surface area contributed by atoms with Gasteiger partial charge in [0.1, 0.15) is 5.69 Å².